The van der Waals surface area contributed by atoms with Gasteiger partial charge < -0.3 is 5.32 Å². The van der Waals surface area contributed by atoms with Crippen LogP contribution < -0.4 is 10.0 Å². The van der Waals surface area contributed by atoms with E-state index in [-0.39, 0.29) is 12.3 Å². The number of thiazole rings is 1. The Bertz CT molecular complexity index is 623. The van der Waals surface area contributed by atoms with E-state index < -0.39 is 10.0 Å². The van der Waals surface area contributed by atoms with Crippen LogP contribution in [0.25, 0.3) is 0 Å². The summed E-state index contributed by atoms with van der Waals surface area (Å²) in [6.45, 7) is 0.216. The lowest BCUT2D eigenvalue weighted by Gasteiger charge is -2.05. The highest BCUT2D eigenvalue weighted by molar-refractivity contribution is 7.88. The molecule has 0 bridgehead atoms. The van der Waals surface area contributed by atoms with Crippen LogP contribution in [0.3, 0.4) is 0 Å². The molecule has 0 amide bonds. The van der Waals surface area contributed by atoms with Crippen LogP contribution >= 0.6 is 11.3 Å². The Kier molecular flexibility index (Phi) is 4.52. The molecule has 1 heterocycles. The molecule has 0 saturated carbocycles. The molecule has 7 heteroatoms. The van der Waals surface area contributed by atoms with Gasteiger partial charge in [-0.2, -0.15) is 0 Å². The number of hydrogen-bond donors (Lipinski definition) is 2. The van der Waals surface area contributed by atoms with Crippen molar-refractivity contribution in [2.24, 2.45) is 0 Å². The van der Waals surface area contributed by atoms with Crippen molar-refractivity contribution in [2.45, 2.75) is 12.3 Å². The van der Waals surface area contributed by atoms with Crippen molar-refractivity contribution in [1.29, 1.82) is 0 Å². The second-order valence-corrected chi connectivity index (χ2v) is 6.62. The van der Waals surface area contributed by atoms with Gasteiger partial charge >= 0.3 is 0 Å². The molecule has 0 fully saturated rings. The molecule has 102 valence electrons. The molecule has 0 saturated heterocycles. The number of sulfonamides is 1. The fourth-order valence-electron chi connectivity index (χ4n) is 1.53. The average molecular weight is 297 g/mol. The van der Waals surface area contributed by atoms with E-state index in [0.29, 0.717) is 5.69 Å². The van der Waals surface area contributed by atoms with Crippen LogP contribution in [0.4, 0.5) is 5.13 Å². The van der Waals surface area contributed by atoms with Gasteiger partial charge in [-0.1, -0.05) is 30.3 Å². The minimum atomic E-state index is -3.34. The van der Waals surface area contributed by atoms with E-state index in [1.54, 1.807) is 19.2 Å². The zero-order valence-electron chi connectivity index (χ0n) is 10.5. The van der Waals surface area contributed by atoms with Crippen molar-refractivity contribution >= 4 is 26.5 Å². The van der Waals surface area contributed by atoms with Gasteiger partial charge in [0.05, 0.1) is 18.0 Å². The molecule has 0 unspecified atom stereocenters. The largest absolute Gasteiger partial charge is 0.365 e. The first-order valence-corrected chi connectivity index (χ1v) is 8.26. The number of nitrogens with zero attached hydrogens (tertiary/aromatic N) is 1. The second kappa shape index (κ2) is 6.14. The molecule has 5 nitrogen and oxygen atoms in total. The lowest BCUT2D eigenvalue weighted by Crippen LogP contribution is -2.24. The van der Waals surface area contributed by atoms with Gasteiger partial charge in [0.25, 0.3) is 0 Å². The molecule has 0 aliphatic rings. The number of anilines is 1. The van der Waals surface area contributed by atoms with Gasteiger partial charge in [0, 0.05) is 12.4 Å². The van der Waals surface area contributed by atoms with Crippen molar-refractivity contribution in [3.63, 3.8) is 0 Å². The third-order valence-corrected chi connectivity index (χ3v) is 4.64. The maximum Gasteiger partial charge on any atom is 0.216 e. The van der Waals surface area contributed by atoms with E-state index in [9.17, 15) is 8.42 Å². The highest BCUT2D eigenvalue weighted by Crippen LogP contribution is 2.14. The van der Waals surface area contributed by atoms with E-state index in [1.165, 1.54) is 11.3 Å². The molecular weight excluding hydrogens is 282 g/mol. The van der Waals surface area contributed by atoms with E-state index in [2.05, 4.69) is 15.0 Å². The highest BCUT2D eigenvalue weighted by Gasteiger charge is 2.12. The maximum absolute atomic E-state index is 11.9. The summed E-state index contributed by atoms with van der Waals surface area (Å²) in [7, 11) is -1.56. The third-order valence-electron chi connectivity index (χ3n) is 2.44. The molecule has 1 aromatic carbocycles. The molecule has 1 aromatic heterocycles. The summed E-state index contributed by atoms with van der Waals surface area (Å²) in [5.74, 6) is -0.0170. The lowest BCUT2D eigenvalue weighted by atomic mass is 10.2. The molecule has 0 atom stereocenters. The fourth-order valence-corrected chi connectivity index (χ4v) is 3.30. The van der Waals surface area contributed by atoms with Crippen molar-refractivity contribution in [3.8, 4) is 0 Å². The van der Waals surface area contributed by atoms with Crippen molar-refractivity contribution in [3.05, 3.63) is 47.0 Å². The van der Waals surface area contributed by atoms with E-state index >= 15 is 0 Å². The molecule has 0 aliphatic heterocycles. The summed E-state index contributed by atoms with van der Waals surface area (Å²) in [4.78, 5) is 4.22. The van der Waals surface area contributed by atoms with Crippen LogP contribution in [-0.4, -0.2) is 20.4 Å². The summed E-state index contributed by atoms with van der Waals surface area (Å²) in [5.41, 5.74) is 1.48. The topological polar surface area (TPSA) is 71.1 Å². The summed E-state index contributed by atoms with van der Waals surface area (Å²) in [6, 6.07) is 9.09. The van der Waals surface area contributed by atoms with Gasteiger partial charge in [0.2, 0.25) is 10.0 Å². The number of nitrogens with one attached hydrogen (secondary N) is 2. The van der Waals surface area contributed by atoms with Gasteiger partial charge in [-0.15, -0.1) is 11.3 Å². The van der Waals surface area contributed by atoms with Crippen LogP contribution in [0.2, 0.25) is 0 Å². The number of benzene rings is 1. The molecule has 2 N–H and O–H groups in total. The second-order valence-electron chi connectivity index (χ2n) is 3.96. The summed E-state index contributed by atoms with van der Waals surface area (Å²) in [6.07, 6.45) is 0. The maximum atomic E-state index is 11.9. The Balaban J connectivity index is 1.94. The van der Waals surface area contributed by atoms with Crippen LogP contribution in [0, 0.1) is 0 Å². The van der Waals surface area contributed by atoms with Crippen molar-refractivity contribution < 1.29 is 8.42 Å². The van der Waals surface area contributed by atoms with Crippen LogP contribution in [0.1, 0.15) is 11.3 Å². The van der Waals surface area contributed by atoms with Crippen LogP contribution in [0.15, 0.2) is 35.7 Å². The number of aromatic nitrogens is 1. The SMILES string of the molecule is CNc1nc(CNS(=O)(=O)Cc2ccccc2)cs1. The first-order chi connectivity index (χ1) is 9.09. The van der Waals surface area contributed by atoms with Crippen LogP contribution in [0.5, 0.6) is 0 Å². The Hall–Kier alpha value is -1.44. The van der Waals surface area contributed by atoms with E-state index in [0.717, 1.165) is 10.7 Å². The first-order valence-electron chi connectivity index (χ1n) is 5.72. The van der Waals surface area contributed by atoms with E-state index in [1.807, 2.05) is 23.6 Å². The molecule has 2 aromatic rings. The molecule has 0 aliphatic carbocycles. The molecule has 19 heavy (non-hydrogen) atoms. The lowest BCUT2D eigenvalue weighted by molar-refractivity contribution is 0.580. The third kappa shape index (κ3) is 4.30. The normalized spacial score (nSPS) is 11.4. The summed E-state index contributed by atoms with van der Waals surface area (Å²) in [5, 5.41) is 5.52. The Morgan fingerprint density at radius 1 is 1.26 bits per heavy atom. The highest BCUT2D eigenvalue weighted by atomic mass is 32.2. The first kappa shape index (κ1) is 14.0. The van der Waals surface area contributed by atoms with E-state index in [4.69, 9.17) is 0 Å². The van der Waals surface area contributed by atoms with Gasteiger partial charge in [-0.3, -0.25) is 0 Å². The quantitative estimate of drug-likeness (QED) is 0.853. The molecular formula is C12H15N3O2S2. The zero-order valence-corrected chi connectivity index (χ0v) is 12.1. The Morgan fingerprint density at radius 3 is 2.63 bits per heavy atom. The smallest absolute Gasteiger partial charge is 0.216 e. The number of hydrogen-bond acceptors (Lipinski definition) is 5. The van der Waals surface area contributed by atoms with Crippen molar-refractivity contribution in [1.82, 2.24) is 9.71 Å². The van der Waals surface area contributed by atoms with Gasteiger partial charge in [0.15, 0.2) is 5.13 Å². The predicted molar refractivity (Wildman–Crippen MR) is 77.6 cm³/mol. The van der Waals surface area contributed by atoms with Gasteiger partial charge in [-0.05, 0) is 5.56 Å². The minimum Gasteiger partial charge on any atom is -0.365 e. The monoisotopic (exact) mass is 297 g/mol. The van der Waals surface area contributed by atoms with Gasteiger partial charge in [-0.25, -0.2) is 18.1 Å². The van der Waals surface area contributed by atoms with Gasteiger partial charge in [0.1, 0.15) is 0 Å². The standard InChI is InChI=1S/C12H15N3O2S2/c1-13-12-15-11(8-18-12)7-14-19(16,17)9-10-5-3-2-4-6-10/h2-6,8,14H,7,9H2,1H3,(H,13,15). The predicted octanol–water partition coefficient (Wildman–Crippen LogP) is 1.80. The van der Waals surface area contributed by atoms with Crippen LogP contribution in [-0.2, 0) is 22.3 Å². The van der Waals surface area contributed by atoms with Crippen molar-refractivity contribution in [2.75, 3.05) is 12.4 Å². The molecule has 2 rings (SSSR count). The Morgan fingerprint density at radius 2 is 2.00 bits per heavy atom. The summed E-state index contributed by atoms with van der Waals surface area (Å²) >= 11 is 1.45. The molecule has 0 radical (unpaired) electrons. The fraction of sp³-hybridized carbons (Fsp3) is 0.250. The summed E-state index contributed by atoms with van der Waals surface area (Å²) < 4.78 is 26.3. The zero-order chi connectivity index (χ0) is 13.7. The average Bonchev–Trinajstić information content (AvgIpc) is 2.85. The Labute approximate surface area is 116 Å². The molecule has 0 spiro atoms. The minimum absolute atomic E-state index is 0.0170. The number of rotatable bonds is 6.